The van der Waals surface area contributed by atoms with Crippen LogP contribution in [0.2, 0.25) is 0 Å². The number of nitrogens with two attached hydrogens (primary N) is 1. The van der Waals surface area contributed by atoms with Crippen LogP contribution in [0.5, 0.6) is 0 Å². The average molecular weight is 1010 g/mol. The minimum absolute atomic E-state index is 0.0107. The Morgan fingerprint density at radius 1 is 0.714 bits per heavy atom. The number of hydrogen-bond acceptors (Lipinski definition) is 15. The number of carbonyl (C=O) groups is 1. The van der Waals surface area contributed by atoms with Gasteiger partial charge in [-0.15, -0.1) is 10.2 Å². The summed E-state index contributed by atoms with van der Waals surface area (Å²) in [6.07, 6.45) is -0.0125. The molecule has 7 heterocycles. The molecule has 0 unspecified atom stereocenters. The second-order valence-electron chi connectivity index (χ2n) is 17.9. The van der Waals surface area contributed by atoms with Crippen molar-refractivity contribution in [3.05, 3.63) is 119 Å². The summed E-state index contributed by atoms with van der Waals surface area (Å²) in [6.45, 7) is 13.6. The zero-order valence-electron chi connectivity index (χ0n) is 39.5. The first-order chi connectivity index (χ1) is 33.5. The van der Waals surface area contributed by atoms with E-state index in [4.69, 9.17) is 19.6 Å². The number of aryl methyl sites for hydroxylation is 2. The number of nitrogens with zero attached hydrogens (tertiary/aromatic N) is 10. The van der Waals surface area contributed by atoms with Crippen LogP contribution in [-0.2, 0) is 43.0 Å². The molecule has 19 nitrogen and oxygen atoms in total. The van der Waals surface area contributed by atoms with Crippen molar-refractivity contribution in [3.63, 3.8) is 0 Å². The van der Waals surface area contributed by atoms with E-state index in [1.54, 1.807) is 40.7 Å². The van der Waals surface area contributed by atoms with Crippen LogP contribution < -0.4 is 14.3 Å². The molecule has 4 aliphatic rings. The Labute approximate surface area is 407 Å². The Hall–Kier alpha value is -5.37. The summed E-state index contributed by atoms with van der Waals surface area (Å²) in [4.78, 5) is 25.2. The molecule has 4 fully saturated rings. The lowest BCUT2D eigenvalue weighted by Crippen LogP contribution is -2.62. The molecule has 5 aromatic rings. The number of aromatic nitrogens is 4. The van der Waals surface area contributed by atoms with Crippen LogP contribution in [0.4, 0.5) is 20.2 Å². The highest BCUT2D eigenvalue weighted by atomic mass is 32.2. The zero-order valence-corrected chi connectivity index (χ0v) is 41.2. The van der Waals surface area contributed by atoms with E-state index in [-0.39, 0.29) is 43.4 Å². The van der Waals surface area contributed by atoms with E-state index in [0.29, 0.717) is 112 Å². The van der Waals surface area contributed by atoms with Gasteiger partial charge in [0.05, 0.1) is 86.5 Å². The minimum atomic E-state index is -3.89. The van der Waals surface area contributed by atoms with Gasteiger partial charge in [-0.2, -0.15) is 34.2 Å². The molecule has 3 aromatic heterocycles. The third-order valence-corrected chi connectivity index (χ3v) is 16.7. The highest BCUT2D eigenvalue weighted by molar-refractivity contribution is 7.90. The highest BCUT2D eigenvalue weighted by Crippen LogP contribution is 2.30. The van der Waals surface area contributed by atoms with Gasteiger partial charge in [0.25, 0.3) is 5.89 Å². The molecule has 2 aromatic carbocycles. The Bertz CT molecular complexity index is 2800. The van der Waals surface area contributed by atoms with E-state index < -0.39 is 32.7 Å². The number of anilines is 2. The first kappa shape index (κ1) is 51.0. The number of piperazine rings is 2. The van der Waals surface area contributed by atoms with Crippen LogP contribution in [0.15, 0.2) is 89.6 Å². The van der Waals surface area contributed by atoms with Crippen LogP contribution >= 0.6 is 0 Å². The van der Waals surface area contributed by atoms with Crippen LogP contribution in [0.3, 0.4) is 0 Å². The van der Waals surface area contributed by atoms with E-state index in [9.17, 15) is 30.4 Å². The predicted molar refractivity (Wildman–Crippen MR) is 257 cm³/mol. The second kappa shape index (κ2) is 22.0. The molecule has 2 atom stereocenters. The van der Waals surface area contributed by atoms with E-state index in [2.05, 4.69) is 36.9 Å². The number of carbonyl (C=O) groups excluding carboxylic acids is 1. The third-order valence-electron chi connectivity index (χ3n) is 12.9. The van der Waals surface area contributed by atoms with Gasteiger partial charge in [0, 0.05) is 69.3 Å². The van der Waals surface area contributed by atoms with Gasteiger partial charge >= 0.3 is 26.8 Å². The molecule has 0 spiro atoms. The summed E-state index contributed by atoms with van der Waals surface area (Å²) in [5.41, 5.74) is 10.2. The lowest BCUT2D eigenvalue weighted by atomic mass is 10.1. The van der Waals surface area contributed by atoms with E-state index in [1.165, 1.54) is 25.3 Å². The van der Waals surface area contributed by atoms with Crippen molar-refractivity contribution < 1.29 is 44.3 Å². The molecule has 70 heavy (non-hydrogen) atoms. The molecule has 0 saturated carbocycles. The number of rotatable bonds is 16. The fraction of sp³-hybridized carbons (Fsp3) is 0.468. The van der Waals surface area contributed by atoms with Gasteiger partial charge in [-0.1, -0.05) is 24.3 Å². The fourth-order valence-corrected chi connectivity index (χ4v) is 12.2. The standard InChI is InChI=1S/C24H28F2N6O4S.C23H31N5O4S/c1-16-4-3-5-20(10-16)32(37(33,34)30-8-9-31(17(2)12-30)21-14-35-15-21)13-19-7-6-18(11-27-19)23-28-29-24(36-23)22(25)26;1-17-4-3-5-21(10-17)28(14-20-7-6-19(12-25-20)23(29)11-24)33(30,31)26-8-9-27(18(2)13-26)22-15-32-16-22/h3-7,10-11,17,21-22H,8-9,12-15H2,1-2H3;3-7,10,12,18,22H,8-9,11,13-16,24H2,1-2H3/t17-;18-/m00/s1. The van der Waals surface area contributed by atoms with Crippen molar-refractivity contribution >= 4 is 37.6 Å². The van der Waals surface area contributed by atoms with Gasteiger partial charge in [0.15, 0.2) is 5.78 Å². The summed E-state index contributed by atoms with van der Waals surface area (Å²) in [6, 6.07) is 22.1. The quantitative estimate of drug-likeness (QED) is 0.137. The smallest absolute Gasteiger partial charge is 0.314 e. The van der Waals surface area contributed by atoms with Crippen LogP contribution in [0.25, 0.3) is 11.5 Å². The van der Waals surface area contributed by atoms with Gasteiger partial charge in [-0.05, 0) is 87.4 Å². The topological polar surface area (TPSA) is 214 Å². The maximum Gasteiger partial charge on any atom is 0.314 e. The molecule has 0 aliphatic carbocycles. The number of benzene rings is 2. The summed E-state index contributed by atoms with van der Waals surface area (Å²) >= 11 is 0. The molecular formula is C47H59F2N11O8S2. The minimum Gasteiger partial charge on any atom is -0.415 e. The van der Waals surface area contributed by atoms with Gasteiger partial charge < -0.3 is 19.6 Å². The molecule has 376 valence electrons. The molecule has 2 N–H and O–H groups in total. The summed E-state index contributed by atoms with van der Waals surface area (Å²) < 4.78 is 103. The molecule has 0 radical (unpaired) electrons. The lowest BCUT2D eigenvalue weighted by molar-refractivity contribution is -0.0873. The van der Waals surface area contributed by atoms with E-state index in [1.807, 2.05) is 57.2 Å². The molecule has 4 saturated heterocycles. The van der Waals surface area contributed by atoms with Crippen molar-refractivity contribution in [1.29, 1.82) is 0 Å². The van der Waals surface area contributed by atoms with Crippen molar-refractivity contribution in [3.8, 4) is 11.5 Å². The SMILES string of the molecule is Cc1cccc(N(Cc2ccc(-c3nnc(C(F)F)o3)cn2)S(=O)(=O)N2CCN(C3COC3)[C@@H](C)C2)c1.Cc1cccc(N(Cc2ccc(C(=O)CN)cn2)S(=O)(=O)N2CCN(C3COC3)[C@@H](C)C2)c1. The number of ketones is 1. The number of halogens is 2. The van der Waals surface area contributed by atoms with Crippen LogP contribution in [0, 0.1) is 13.8 Å². The Morgan fingerprint density at radius 3 is 1.59 bits per heavy atom. The average Bonchev–Trinajstić information content (AvgIpc) is 3.81. The Kier molecular flexibility index (Phi) is 16.0. The van der Waals surface area contributed by atoms with E-state index >= 15 is 0 Å². The van der Waals surface area contributed by atoms with Gasteiger partial charge in [0.1, 0.15) is 0 Å². The maximum absolute atomic E-state index is 13.9. The summed E-state index contributed by atoms with van der Waals surface area (Å²) in [7, 11) is -7.70. The fourth-order valence-electron chi connectivity index (χ4n) is 8.85. The normalized spacial score (nSPS) is 20.1. The molecule has 0 amide bonds. The number of Topliss-reactive ketones (excluding diaryl/α,β-unsaturated/α-hetero) is 1. The molecule has 0 bridgehead atoms. The van der Waals surface area contributed by atoms with Crippen molar-refractivity contribution in [2.45, 2.75) is 71.4 Å². The third kappa shape index (κ3) is 11.5. The van der Waals surface area contributed by atoms with Crippen molar-refractivity contribution in [2.24, 2.45) is 5.73 Å². The first-order valence-corrected chi connectivity index (χ1v) is 25.9. The van der Waals surface area contributed by atoms with Gasteiger partial charge in [0.2, 0.25) is 5.89 Å². The molecule has 9 rings (SSSR count). The second-order valence-corrected chi connectivity index (χ2v) is 21.6. The summed E-state index contributed by atoms with van der Waals surface area (Å²) in [5.74, 6) is -1.06. The Balaban J connectivity index is 0.000000190. The largest absolute Gasteiger partial charge is 0.415 e. The van der Waals surface area contributed by atoms with Gasteiger partial charge in [-0.25, -0.2) is 0 Å². The predicted octanol–water partition coefficient (Wildman–Crippen LogP) is 4.22. The number of alkyl halides is 2. The van der Waals surface area contributed by atoms with Crippen LogP contribution in [0.1, 0.15) is 59.0 Å². The Morgan fingerprint density at radius 2 is 1.21 bits per heavy atom. The highest BCUT2D eigenvalue weighted by Gasteiger charge is 2.41. The zero-order chi connectivity index (χ0) is 49.7. The van der Waals surface area contributed by atoms with E-state index in [0.717, 1.165) is 11.1 Å². The molecule has 23 heteroatoms. The molecular weight excluding hydrogens is 949 g/mol. The van der Waals surface area contributed by atoms with Crippen molar-refractivity contribution in [2.75, 3.05) is 80.9 Å². The van der Waals surface area contributed by atoms with Gasteiger partial charge in [-0.3, -0.25) is 33.2 Å². The lowest BCUT2D eigenvalue weighted by Gasteiger charge is -2.46. The molecule has 4 aliphatic heterocycles. The van der Waals surface area contributed by atoms with Crippen LogP contribution in [-0.4, -0.2) is 158 Å². The number of ether oxygens (including phenoxy) is 2. The monoisotopic (exact) mass is 1010 g/mol. The van der Waals surface area contributed by atoms with Crippen molar-refractivity contribution in [1.82, 2.24) is 38.6 Å². The number of hydrogen-bond donors (Lipinski definition) is 1. The maximum atomic E-state index is 13.9. The first-order valence-electron chi connectivity index (χ1n) is 23.1. The summed E-state index contributed by atoms with van der Waals surface area (Å²) in [5, 5.41) is 6.96. The number of pyridine rings is 2.